The maximum Gasteiger partial charge on any atom is 0.311 e. The zero-order valence-electron chi connectivity index (χ0n) is 11.9. The fraction of sp³-hybridized carbons (Fsp3) is 0.615. The molecule has 0 saturated heterocycles. The topological polar surface area (TPSA) is 100 Å². The Bertz CT molecular complexity index is 440. The Morgan fingerprint density at radius 2 is 2.20 bits per heavy atom. The standard InChI is InChI=1S/C13H22N4O3/c1-3-14-12-7-6-11(17(19)20)13(16-12)15-8-4-5-10(2)9-18/h6-7,10,18H,3-5,8-9H2,1-2H3,(H2,14,15,16). The first-order chi connectivity index (χ1) is 9.58. The van der Waals surface area contributed by atoms with Gasteiger partial charge in [0.2, 0.25) is 5.82 Å². The van der Waals surface area contributed by atoms with Crippen LogP contribution < -0.4 is 10.6 Å². The molecular formula is C13H22N4O3. The maximum atomic E-state index is 11.0. The number of hydrogen-bond donors (Lipinski definition) is 3. The van der Waals surface area contributed by atoms with E-state index in [0.29, 0.717) is 18.9 Å². The number of anilines is 2. The van der Waals surface area contributed by atoms with Crippen LogP contribution in [-0.2, 0) is 0 Å². The second kappa shape index (κ2) is 8.31. The average molecular weight is 282 g/mol. The smallest absolute Gasteiger partial charge is 0.311 e. The van der Waals surface area contributed by atoms with Crippen molar-refractivity contribution in [3.63, 3.8) is 0 Å². The molecule has 0 aliphatic heterocycles. The van der Waals surface area contributed by atoms with E-state index in [-0.39, 0.29) is 24.0 Å². The molecule has 1 aromatic rings. The Kier molecular flexibility index (Phi) is 6.72. The van der Waals surface area contributed by atoms with Crippen LogP contribution in [0.1, 0.15) is 26.7 Å². The highest BCUT2D eigenvalue weighted by Crippen LogP contribution is 2.24. The van der Waals surface area contributed by atoms with Crippen molar-refractivity contribution in [2.45, 2.75) is 26.7 Å². The zero-order chi connectivity index (χ0) is 15.0. The van der Waals surface area contributed by atoms with Crippen LogP contribution >= 0.6 is 0 Å². The largest absolute Gasteiger partial charge is 0.396 e. The van der Waals surface area contributed by atoms with Crippen LogP contribution in [0.5, 0.6) is 0 Å². The van der Waals surface area contributed by atoms with Gasteiger partial charge in [-0.15, -0.1) is 0 Å². The molecule has 0 radical (unpaired) electrons. The Morgan fingerprint density at radius 1 is 1.45 bits per heavy atom. The molecule has 1 aromatic heterocycles. The second-order valence-electron chi connectivity index (χ2n) is 4.71. The number of pyridine rings is 1. The molecule has 112 valence electrons. The molecule has 0 fully saturated rings. The summed E-state index contributed by atoms with van der Waals surface area (Å²) in [6.45, 7) is 5.36. The van der Waals surface area contributed by atoms with Gasteiger partial charge in [0.25, 0.3) is 0 Å². The van der Waals surface area contributed by atoms with Crippen molar-refractivity contribution < 1.29 is 10.0 Å². The van der Waals surface area contributed by atoms with E-state index in [1.165, 1.54) is 6.07 Å². The van der Waals surface area contributed by atoms with Gasteiger partial charge in [-0.3, -0.25) is 10.1 Å². The predicted molar refractivity (Wildman–Crippen MR) is 79.0 cm³/mol. The van der Waals surface area contributed by atoms with Gasteiger partial charge in [0.15, 0.2) is 0 Å². The molecule has 0 amide bonds. The first kappa shape index (κ1) is 16.2. The van der Waals surface area contributed by atoms with Gasteiger partial charge >= 0.3 is 5.69 Å². The highest BCUT2D eigenvalue weighted by atomic mass is 16.6. The van der Waals surface area contributed by atoms with Gasteiger partial charge in [0, 0.05) is 25.8 Å². The van der Waals surface area contributed by atoms with Crippen LogP contribution in [0, 0.1) is 16.0 Å². The first-order valence-electron chi connectivity index (χ1n) is 6.82. The fourth-order valence-electron chi connectivity index (χ4n) is 1.76. The van der Waals surface area contributed by atoms with Crippen LogP contribution in [-0.4, -0.2) is 34.7 Å². The third-order valence-electron chi connectivity index (χ3n) is 2.91. The first-order valence-corrected chi connectivity index (χ1v) is 6.82. The number of aliphatic hydroxyl groups is 1. The van der Waals surface area contributed by atoms with Gasteiger partial charge in [-0.25, -0.2) is 4.98 Å². The molecule has 0 aliphatic carbocycles. The Labute approximate surface area is 118 Å². The summed E-state index contributed by atoms with van der Waals surface area (Å²) in [4.78, 5) is 14.7. The molecule has 1 unspecified atom stereocenters. The number of aliphatic hydroxyl groups excluding tert-OH is 1. The Balaban J connectivity index is 2.65. The minimum Gasteiger partial charge on any atom is -0.396 e. The highest BCUT2D eigenvalue weighted by molar-refractivity contribution is 5.60. The lowest BCUT2D eigenvalue weighted by atomic mass is 10.1. The van der Waals surface area contributed by atoms with Crippen molar-refractivity contribution in [3.8, 4) is 0 Å². The normalized spacial score (nSPS) is 11.9. The number of nitrogens with one attached hydrogen (secondary N) is 2. The van der Waals surface area contributed by atoms with Crippen LogP contribution in [0.2, 0.25) is 0 Å². The zero-order valence-corrected chi connectivity index (χ0v) is 11.9. The van der Waals surface area contributed by atoms with Crippen LogP contribution in [0.4, 0.5) is 17.3 Å². The molecule has 7 heteroatoms. The third-order valence-corrected chi connectivity index (χ3v) is 2.91. The lowest BCUT2D eigenvalue weighted by molar-refractivity contribution is -0.384. The van der Waals surface area contributed by atoms with Gasteiger partial charge < -0.3 is 15.7 Å². The molecule has 0 aromatic carbocycles. The van der Waals surface area contributed by atoms with Gasteiger partial charge in [0.05, 0.1) is 4.92 Å². The predicted octanol–water partition coefficient (Wildman–Crippen LogP) is 2.24. The minimum atomic E-state index is -0.443. The summed E-state index contributed by atoms with van der Waals surface area (Å²) in [5.41, 5.74) is -0.0261. The number of hydrogen-bond acceptors (Lipinski definition) is 6. The van der Waals surface area contributed by atoms with E-state index in [4.69, 9.17) is 5.11 Å². The third kappa shape index (κ3) is 5.00. The quantitative estimate of drug-likeness (QED) is 0.365. The molecular weight excluding hydrogens is 260 g/mol. The van der Waals surface area contributed by atoms with E-state index in [0.717, 1.165) is 12.8 Å². The fourth-order valence-corrected chi connectivity index (χ4v) is 1.76. The maximum absolute atomic E-state index is 11.0. The molecule has 20 heavy (non-hydrogen) atoms. The summed E-state index contributed by atoms with van der Waals surface area (Å²) in [5, 5.41) is 25.9. The molecule has 1 atom stereocenters. The molecule has 1 rings (SSSR count). The second-order valence-corrected chi connectivity index (χ2v) is 4.71. The van der Waals surface area contributed by atoms with Crippen molar-refractivity contribution in [2.75, 3.05) is 30.3 Å². The highest BCUT2D eigenvalue weighted by Gasteiger charge is 2.15. The van der Waals surface area contributed by atoms with Crippen LogP contribution in [0.25, 0.3) is 0 Å². The molecule has 0 spiro atoms. The minimum absolute atomic E-state index is 0.0261. The summed E-state index contributed by atoms with van der Waals surface area (Å²) in [6, 6.07) is 3.05. The van der Waals surface area contributed by atoms with Crippen molar-refractivity contribution in [1.82, 2.24) is 4.98 Å². The molecule has 0 aliphatic rings. The van der Waals surface area contributed by atoms with Crippen molar-refractivity contribution >= 4 is 17.3 Å². The number of aromatic nitrogens is 1. The van der Waals surface area contributed by atoms with E-state index in [1.54, 1.807) is 6.07 Å². The number of rotatable bonds is 9. The summed E-state index contributed by atoms with van der Waals surface area (Å²) in [6.07, 6.45) is 1.69. The summed E-state index contributed by atoms with van der Waals surface area (Å²) in [7, 11) is 0. The van der Waals surface area contributed by atoms with Crippen LogP contribution in [0.3, 0.4) is 0 Å². The van der Waals surface area contributed by atoms with Crippen molar-refractivity contribution in [1.29, 1.82) is 0 Å². The Hall–Kier alpha value is -1.89. The lowest BCUT2D eigenvalue weighted by Gasteiger charge is -2.10. The van der Waals surface area contributed by atoms with Gasteiger partial charge in [0.1, 0.15) is 5.82 Å². The molecule has 3 N–H and O–H groups in total. The van der Waals surface area contributed by atoms with Gasteiger partial charge in [-0.2, -0.15) is 0 Å². The SMILES string of the molecule is CCNc1ccc([N+](=O)[O-])c(NCCCC(C)CO)n1. The number of nitrogens with zero attached hydrogens (tertiary/aromatic N) is 2. The van der Waals surface area contributed by atoms with Crippen molar-refractivity contribution in [3.05, 3.63) is 22.2 Å². The molecule has 0 saturated carbocycles. The van der Waals surface area contributed by atoms with E-state index >= 15 is 0 Å². The number of nitro groups is 1. The molecule has 0 bridgehead atoms. The van der Waals surface area contributed by atoms with Crippen LogP contribution in [0.15, 0.2) is 12.1 Å². The summed E-state index contributed by atoms with van der Waals surface area (Å²) >= 11 is 0. The summed E-state index contributed by atoms with van der Waals surface area (Å²) < 4.78 is 0. The lowest BCUT2D eigenvalue weighted by Crippen LogP contribution is -2.10. The van der Waals surface area contributed by atoms with Crippen molar-refractivity contribution in [2.24, 2.45) is 5.92 Å². The average Bonchev–Trinajstić information content (AvgIpc) is 2.43. The van der Waals surface area contributed by atoms with Gasteiger partial charge in [-0.05, 0) is 31.7 Å². The van der Waals surface area contributed by atoms with Gasteiger partial charge in [-0.1, -0.05) is 6.92 Å². The molecule has 7 nitrogen and oxygen atoms in total. The summed E-state index contributed by atoms with van der Waals surface area (Å²) in [5.74, 6) is 1.14. The van der Waals surface area contributed by atoms with E-state index in [1.807, 2.05) is 13.8 Å². The monoisotopic (exact) mass is 282 g/mol. The van der Waals surface area contributed by atoms with E-state index in [9.17, 15) is 10.1 Å². The van der Waals surface area contributed by atoms with E-state index < -0.39 is 4.92 Å². The van der Waals surface area contributed by atoms with E-state index in [2.05, 4.69) is 15.6 Å². The Morgan fingerprint density at radius 3 is 2.80 bits per heavy atom. The molecule has 1 heterocycles.